The van der Waals surface area contributed by atoms with E-state index in [2.05, 4.69) is 55.8 Å². The van der Waals surface area contributed by atoms with E-state index in [-0.39, 0.29) is 25.4 Å². The Hall–Kier alpha value is -3.43. The van der Waals surface area contributed by atoms with Gasteiger partial charge in [0.1, 0.15) is 18.6 Å². The molecule has 3 heterocycles. The molecule has 31 heavy (non-hydrogen) atoms. The Bertz CT molecular complexity index is 1230. The number of nitrogens with two attached hydrogens (primary N) is 1. The standard InChI is InChI=1S/C22H23N7O2/c23-10-18-27-21(24-11-15-6-3-5-14-4-1-2-7-17(14)15)20-22(28-18)29(13-25-20)19-9-8-16(31-19)12-26-30/h1-7,13,16,19H,8-12,23H2,(H,24,27,28). The lowest BCUT2D eigenvalue weighted by Gasteiger charge is -2.14. The number of imidazole rings is 1. The van der Waals surface area contributed by atoms with Gasteiger partial charge in [0.05, 0.1) is 19.0 Å². The summed E-state index contributed by atoms with van der Waals surface area (Å²) in [5, 5.41) is 8.77. The van der Waals surface area contributed by atoms with Crippen LogP contribution in [0.15, 0.2) is 54.0 Å². The van der Waals surface area contributed by atoms with E-state index in [0.717, 1.165) is 12.8 Å². The molecule has 1 saturated heterocycles. The van der Waals surface area contributed by atoms with Crippen molar-refractivity contribution in [2.45, 2.75) is 38.3 Å². The summed E-state index contributed by atoms with van der Waals surface area (Å²) < 4.78 is 7.86. The minimum Gasteiger partial charge on any atom is -0.364 e. The first kappa shape index (κ1) is 19.5. The van der Waals surface area contributed by atoms with Gasteiger partial charge in [-0.25, -0.2) is 15.0 Å². The van der Waals surface area contributed by atoms with Gasteiger partial charge in [-0.1, -0.05) is 47.6 Å². The summed E-state index contributed by atoms with van der Waals surface area (Å²) >= 11 is 0. The number of anilines is 1. The van der Waals surface area contributed by atoms with Crippen molar-refractivity contribution in [1.82, 2.24) is 19.5 Å². The van der Waals surface area contributed by atoms with Crippen molar-refractivity contribution in [2.24, 2.45) is 10.9 Å². The van der Waals surface area contributed by atoms with Crippen molar-refractivity contribution in [3.8, 4) is 0 Å². The Morgan fingerprint density at radius 2 is 2.03 bits per heavy atom. The number of nitroso groups, excluding NO2 is 1. The molecule has 5 rings (SSSR count). The van der Waals surface area contributed by atoms with E-state index in [1.807, 2.05) is 16.7 Å². The second-order valence-electron chi connectivity index (χ2n) is 7.61. The lowest BCUT2D eigenvalue weighted by Crippen LogP contribution is -2.14. The van der Waals surface area contributed by atoms with Crippen LogP contribution in [0.5, 0.6) is 0 Å². The van der Waals surface area contributed by atoms with Gasteiger partial charge in [-0.15, -0.1) is 0 Å². The fraction of sp³-hybridized carbons (Fsp3) is 0.318. The third kappa shape index (κ3) is 3.73. The first-order chi connectivity index (χ1) is 15.3. The van der Waals surface area contributed by atoms with Crippen molar-refractivity contribution < 1.29 is 4.74 Å². The van der Waals surface area contributed by atoms with Crippen molar-refractivity contribution in [3.63, 3.8) is 0 Å². The highest BCUT2D eigenvalue weighted by atomic mass is 16.5. The van der Waals surface area contributed by atoms with Crippen LogP contribution >= 0.6 is 0 Å². The SMILES string of the molecule is NCc1nc(NCc2cccc3ccccc23)c2ncn(C3CCC(CN=O)O3)c2n1. The number of hydrogen-bond acceptors (Lipinski definition) is 8. The lowest BCUT2D eigenvalue weighted by molar-refractivity contribution is 0.00875. The Balaban J connectivity index is 1.46. The molecule has 1 aliphatic rings. The zero-order valence-corrected chi connectivity index (χ0v) is 16.9. The third-order valence-corrected chi connectivity index (χ3v) is 5.65. The molecule has 0 radical (unpaired) electrons. The molecule has 1 fully saturated rings. The van der Waals surface area contributed by atoms with Crippen LogP contribution in [0.2, 0.25) is 0 Å². The van der Waals surface area contributed by atoms with E-state index in [9.17, 15) is 4.91 Å². The average Bonchev–Trinajstić information content (AvgIpc) is 3.44. The number of fused-ring (bicyclic) bond motifs is 2. The smallest absolute Gasteiger partial charge is 0.167 e. The van der Waals surface area contributed by atoms with E-state index >= 15 is 0 Å². The Morgan fingerprint density at radius 1 is 1.16 bits per heavy atom. The third-order valence-electron chi connectivity index (χ3n) is 5.65. The summed E-state index contributed by atoms with van der Waals surface area (Å²) in [6.45, 7) is 0.967. The van der Waals surface area contributed by atoms with Gasteiger partial charge in [0.25, 0.3) is 0 Å². The zero-order valence-electron chi connectivity index (χ0n) is 16.9. The van der Waals surface area contributed by atoms with Crippen LogP contribution in [0.4, 0.5) is 5.82 Å². The van der Waals surface area contributed by atoms with Crippen LogP contribution in [0.1, 0.15) is 30.5 Å². The highest BCUT2D eigenvalue weighted by Crippen LogP contribution is 2.32. The number of benzene rings is 2. The first-order valence-electron chi connectivity index (χ1n) is 10.4. The maximum atomic E-state index is 10.6. The fourth-order valence-corrected chi connectivity index (χ4v) is 4.12. The minimum absolute atomic E-state index is 0.157. The fourth-order valence-electron chi connectivity index (χ4n) is 4.12. The molecule has 2 aromatic carbocycles. The van der Waals surface area contributed by atoms with Gasteiger partial charge >= 0.3 is 0 Å². The predicted octanol–water partition coefficient (Wildman–Crippen LogP) is 3.49. The number of ether oxygens (including phenoxy) is 1. The summed E-state index contributed by atoms with van der Waals surface area (Å²) in [5.74, 6) is 1.17. The van der Waals surface area contributed by atoms with Crippen LogP contribution < -0.4 is 11.1 Å². The molecular formula is C22H23N7O2. The molecule has 9 nitrogen and oxygen atoms in total. The van der Waals surface area contributed by atoms with Gasteiger partial charge in [-0.2, -0.15) is 4.91 Å². The highest BCUT2D eigenvalue weighted by Gasteiger charge is 2.28. The molecule has 0 amide bonds. The first-order valence-corrected chi connectivity index (χ1v) is 10.4. The maximum absolute atomic E-state index is 10.6. The number of nitrogens with zero attached hydrogens (tertiary/aromatic N) is 5. The van der Waals surface area contributed by atoms with Gasteiger partial charge < -0.3 is 15.8 Å². The number of rotatable bonds is 7. The molecule has 158 valence electrons. The Kier molecular flexibility index (Phi) is 5.27. The normalized spacial score (nSPS) is 18.6. The molecule has 4 aromatic rings. The number of aromatic nitrogens is 4. The monoisotopic (exact) mass is 417 g/mol. The van der Waals surface area contributed by atoms with Gasteiger partial charge in [0.15, 0.2) is 17.0 Å². The Morgan fingerprint density at radius 3 is 2.90 bits per heavy atom. The van der Waals surface area contributed by atoms with Crippen molar-refractivity contribution in [3.05, 3.63) is 65.1 Å². The van der Waals surface area contributed by atoms with E-state index in [1.54, 1.807) is 6.33 Å². The summed E-state index contributed by atoms with van der Waals surface area (Å²) in [6, 6.07) is 14.5. The largest absolute Gasteiger partial charge is 0.364 e. The molecule has 0 aliphatic carbocycles. The molecule has 9 heteroatoms. The summed E-state index contributed by atoms with van der Waals surface area (Å²) in [5.41, 5.74) is 8.36. The van der Waals surface area contributed by atoms with E-state index in [4.69, 9.17) is 10.5 Å². The number of nitrogens with one attached hydrogen (secondary N) is 1. The van der Waals surface area contributed by atoms with Gasteiger partial charge in [-0.05, 0) is 29.2 Å². The van der Waals surface area contributed by atoms with E-state index in [0.29, 0.717) is 29.4 Å². The van der Waals surface area contributed by atoms with Crippen LogP contribution in [-0.2, 0) is 17.8 Å². The summed E-state index contributed by atoms with van der Waals surface area (Å²) in [4.78, 5) is 24.3. The van der Waals surface area contributed by atoms with Crippen molar-refractivity contribution in [2.75, 3.05) is 11.9 Å². The van der Waals surface area contributed by atoms with Crippen LogP contribution in [0.3, 0.4) is 0 Å². The maximum Gasteiger partial charge on any atom is 0.167 e. The number of hydrogen-bond donors (Lipinski definition) is 2. The average molecular weight is 417 g/mol. The van der Waals surface area contributed by atoms with Gasteiger partial charge in [0, 0.05) is 6.54 Å². The topological polar surface area (TPSA) is 120 Å². The van der Waals surface area contributed by atoms with Crippen molar-refractivity contribution >= 4 is 27.8 Å². The highest BCUT2D eigenvalue weighted by molar-refractivity contribution is 5.87. The second-order valence-corrected chi connectivity index (χ2v) is 7.61. The van der Waals surface area contributed by atoms with Gasteiger partial charge in [0.2, 0.25) is 0 Å². The molecule has 3 N–H and O–H groups in total. The van der Waals surface area contributed by atoms with Crippen LogP contribution in [0.25, 0.3) is 21.9 Å². The minimum atomic E-state index is -0.233. The molecule has 1 aliphatic heterocycles. The molecule has 0 saturated carbocycles. The quantitative estimate of drug-likeness (QED) is 0.442. The molecule has 2 unspecified atom stereocenters. The summed E-state index contributed by atoms with van der Waals surface area (Å²) in [6.07, 6.45) is 2.86. The van der Waals surface area contributed by atoms with Gasteiger partial charge in [-0.3, -0.25) is 4.57 Å². The Labute approximate surface area is 178 Å². The lowest BCUT2D eigenvalue weighted by atomic mass is 10.0. The molecule has 0 bridgehead atoms. The molecule has 0 spiro atoms. The van der Waals surface area contributed by atoms with Crippen LogP contribution in [-0.4, -0.2) is 32.2 Å². The zero-order chi connectivity index (χ0) is 21.2. The predicted molar refractivity (Wildman–Crippen MR) is 118 cm³/mol. The molecular weight excluding hydrogens is 394 g/mol. The molecule has 2 aromatic heterocycles. The van der Waals surface area contributed by atoms with Crippen LogP contribution in [0, 0.1) is 4.91 Å². The second kappa shape index (κ2) is 8.37. The van der Waals surface area contributed by atoms with E-state index in [1.165, 1.54) is 16.3 Å². The molecule has 2 atom stereocenters. The summed E-state index contributed by atoms with van der Waals surface area (Å²) in [7, 11) is 0. The van der Waals surface area contributed by atoms with E-state index < -0.39 is 0 Å². The van der Waals surface area contributed by atoms with Crippen molar-refractivity contribution in [1.29, 1.82) is 0 Å².